The van der Waals surface area contributed by atoms with E-state index < -0.39 is 18.4 Å². The first-order chi connectivity index (χ1) is 14.5. The van der Waals surface area contributed by atoms with Gasteiger partial charge in [0.05, 0.1) is 36.7 Å². The monoisotopic (exact) mass is 410 g/mol. The summed E-state index contributed by atoms with van der Waals surface area (Å²) in [7, 11) is 2.97. The average molecular weight is 410 g/mol. The number of ether oxygens (including phenoxy) is 3. The molecule has 0 saturated carbocycles. The van der Waals surface area contributed by atoms with E-state index in [1.54, 1.807) is 36.4 Å². The van der Waals surface area contributed by atoms with Crippen LogP contribution in [0.5, 0.6) is 11.5 Å². The number of nitrogens with one attached hydrogen (secondary N) is 1. The minimum absolute atomic E-state index is 0.0627. The molecule has 0 unspecified atom stereocenters. The Morgan fingerprint density at radius 2 is 1.97 bits per heavy atom. The molecule has 1 amide bonds. The molecule has 156 valence electrons. The molecule has 1 atom stereocenters. The second kappa shape index (κ2) is 8.06. The molecule has 0 aliphatic carbocycles. The first-order valence-corrected chi connectivity index (χ1v) is 9.65. The van der Waals surface area contributed by atoms with E-state index in [-0.39, 0.29) is 17.5 Å². The number of anilines is 2. The van der Waals surface area contributed by atoms with Crippen LogP contribution < -0.4 is 19.7 Å². The summed E-state index contributed by atoms with van der Waals surface area (Å²) >= 11 is 0. The van der Waals surface area contributed by atoms with Gasteiger partial charge in [-0.05, 0) is 43.2 Å². The molecular weight excluding hydrogens is 388 g/mol. The fourth-order valence-electron chi connectivity index (χ4n) is 3.88. The van der Waals surface area contributed by atoms with E-state index in [2.05, 4.69) is 10.2 Å². The van der Waals surface area contributed by atoms with E-state index in [1.165, 1.54) is 14.2 Å². The number of ketones is 1. The summed E-state index contributed by atoms with van der Waals surface area (Å²) in [6.45, 7) is 0.381. The Labute approximate surface area is 173 Å². The minimum atomic E-state index is -0.642. The maximum Gasteiger partial charge on any atom is 0.338 e. The molecule has 2 aliphatic rings. The Balaban J connectivity index is 1.46. The second-order valence-electron chi connectivity index (χ2n) is 7.14. The molecule has 2 aromatic carbocycles. The Hall–Kier alpha value is -3.55. The number of hydrogen-bond acceptors (Lipinski definition) is 7. The van der Waals surface area contributed by atoms with Crippen LogP contribution in [0, 0.1) is 0 Å². The maximum absolute atomic E-state index is 12.5. The van der Waals surface area contributed by atoms with Crippen LogP contribution in [0.25, 0.3) is 0 Å². The molecule has 1 saturated heterocycles. The van der Waals surface area contributed by atoms with E-state index in [0.717, 1.165) is 25.1 Å². The van der Waals surface area contributed by atoms with Crippen molar-refractivity contribution < 1.29 is 28.6 Å². The molecule has 8 heteroatoms. The normalized spacial score (nSPS) is 16.9. The fourth-order valence-corrected chi connectivity index (χ4v) is 3.88. The van der Waals surface area contributed by atoms with Crippen molar-refractivity contribution in [2.75, 3.05) is 37.6 Å². The van der Waals surface area contributed by atoms with Gasteiger partial charge >= 0.3 is 5.97 Å². The number of Topliss-reactive ketones (excluding diaryl/α,β-unsaturated/α-hetero) is 1. The molecule has 1 N–H and O–H groups in total. The standard InChI is InChI=1S/C22H22N2O6/c1-28-14-6-7-15(20(11-14)29-2)19(25)12-30-22(27)13-5-8-17-16(10-13)23-21(26)18-4-3-9-24(17)18/h5-8,10-11,18H,3-4,9,12H2,1-2H3,(H,23,26)/t18-/m0/s1. The van der Waals surface area contributed by atoms with Crippen molar-refractivity contribution >= 4 is 29.0 Å². The van der Waals surface area contributed by atoms with Crippen LogP contribution in [0.1, 0.15) is 33.6 Å². The zero-order valence-electron chi connectivity index (χ0n) is 16.8. The molecule has 4 rings (SSSR count). The second-order valence-corrected chi connectivity index (χ2v) is 7.14. The topological polar surface area (TPSA) is 94.2 Å². The van der Waals surface area contributed by atoms with Crippen LogP contribution in [-0.4, -0.2) is 51.1 Å². The van der Waals surface area contributed by atoms with Crippen molar-refractivity contribution in [1.82, 2.24) is 0 Å². The molecule has 2 aromatic rings. The van der Waals surface area contributed by atoms with Gasteiger partial charge in [-0.25, -0.2) is 4.79 Å². The number of carbonyl (C=O) groups is 3. The van der Waals surface area contributed by atoms with Gasteiger partial charge in [0.1, 0.15) is 17.5 Å². The number of benzene rings is 2. The summed E-state index contributed by atoms with van der Waals surface area (Å²) < 4.78 is 15.5. The lowest BCUT2D eigenvalue weighted by Crippen LogP contribution is -2.43. The number of nitrogens with zero attached hydrogens (tertiary/aromatic N) is 1. The van der Waals surface area contributed by atoms with Crippen LogP contribution in [0.4, 0.5) is 11.4 Å². The van der Waals surface area contributed by atoms with E-state index in [1.807, 2.05) is 0 Å². The Morgan fingerprint density at radius 1 is 1.13 bits per heavy atom. The molecule has 2 aliphatic heterocycles. The van der Waals surface area contributed by atoms with Crippen molar-refractivity contribution in [3.05, 3.63) is 47.5 Å². The third-order valence-corrected chi connectivity index (χ3v) is 5.40. The van der Waals surface area contributed by atoms with Gasteiger partial charge in [0.15, 0.2) is 6.61 Å². The number of hydrogen-bond donors (Lipinski definition) is 1. The number of carbonyl (C=O) groups excluding carboxylic acids is 3. The maximum atomic E-state index is 12.5. The SMILES string of the molecule is COc1ccc(C(=O)COC(=O)c2ccc3c(c2)NC(=O)[C@@H]2CCCN32)c(OC)c1. The van der Waals surface area contributed by atoms with Gasteiger partial charge in [0, 0.05) is 12.6 Å². The lowest BCUT2D eigenvalue weighted by Gasteiger charge is -2.33. The first-order valence-electron chi connectivity index (χ1n) is 9.65. The van der Waals surface area contributed by atoms with Crippen molar-refractivity contribution in [2.24, 2.45) is 0 Å². The summed E-state index contributed by atoms with van der Waals surface area (Å²) in [5.41, 5.74) is 2.04. The van der Waals surface area contributed by atoms with Crippen LogP contribution in [0.3, 0.4) is 0 Å². The molecule has 1 fully saturated rings. The highest BCUT2D eigenvalue weighted by Gasteiger charge is 2.36. The van der Waals surface area contributed by atoms with Crippen LogP contribution >= 0.6 is 0 Å². The van der Waals surface area contributed by atoms with Crippen molar-refractivity contribution in [3.8, 4) is 11.5 Å². The summed E-state index contributed by atoms with van der Waals surface area (Å²) in [5, 5.41) is 2.86. The highest BCUT2D eigenvalue weighted by atomic mass is 16.5. The third-order valence-electron chi connectivity index (χ3n) is 5.40. The molecule has 0 aromatic heterocycles. The highest BCUT2D eigenvalue weighted by Crippen LogP contribution is 2.37. The Kier molecular flexibility index (Phi) is 5.31. The van der Waals surface area contributed by atoms with E-state index in [9.17, 15) is 14.4 Å². The zero-order valence-corrected chi connectivity index (χ0v) is 16.8. The fraction of sp³-hybridized carbons (Fsp3) is 0.318. The molecule has 30 heavy (non-hydrogen) atoms. The van der Waals surface area contributed by atoms with E-state index >= 15 is 0 Å². The van der Waals surface area contributed by atoms with E-state index in [0.29, 0.717) is 22.7 Å². The predicted octanol–water partition coefficient (Wildman–Crippen LogP) is 2.66. The largest absolute Gasteiger partial charge is 0.497 e. The van der Waals surface area contributed by atoms with Crippen LogP contribution in [0.2, 0.25) is 0 Å². The van der Waals surface area contributed by atoms with Gasteiger partial charge in [0.25, 0.3) is 0 Å². The molecule has 0 spiro atoms. The quantitative estimate of drug-likeness (QED) is 0.578. The number of methoxy groups -OCH3 is 2. The average Bonchev–Trinajstić information content (AvgIpc) is 3.27. The van der Waals surface area contributed by atoms with Gasteiger partial charge in [-0.15, -0.1) is 0 Å². The van der Waals surface area contributed by atoms with Gasteiger partial charge in [-0.2, -0.15) is 0 Å². The van der Waals surface area contributed by atoms with Crippen molar-refractivity contribution in [2.45, 2.75) is 18.9 Å². The van der Waals surface area contributed by atoms with Gasteiger partial charge in [-0.1, -0.05) is 0 Å². The Morgan fingerprint density at radius 3 is 2.73 bits per heavy atom. The van der Waals surface area contributed by atoms with Gasteiger partial charge in [0.2, 0.25) is 11.7 Å². The third kappa shape index (κ3) is 3.56. The highest BCUT2D eigenvalue weighted by molar-refractivity contribution is 6.06. The van der Waals surface area contributed by atoms with Gasteiger partial charge in [-0.3, -0.25) is 9.59 Å². The lowest BCUT2D eigenvalue weighted by atomic mass is 10.1. The van der Waals surface area contributed by atoms with Crippen LogP contribution in [-0.2, 0) is 9.53 Å². The molecule has 0 radical (unpaired) electrons. The predicted molar refractivity (Wildman–Crippen MR) is 110 cm³/mol. The van der Waals surface area contributed by atoms with Gasteiger partial charge < -0.3 is 24.4 Å². The summed E-state index contributed by atoms with van der Waals surface area (Å²) in [6, 6.07) is 9.68. The minimum Gasteiger partial charge on any atom is -0.497 e. The number of fused-ring (bicyclic) bond motifs is 3. The summed E-state index contributed by atoms with van der Waals surface area (Å²) in [6.07, 6.45) is 1.78. The Bertz CT molecular complexity index is 1020. The summed E-state index contributed by atoms with van der Waals surface area (Å²) in [5.74, 6) is -0.207. The number of rotatable bonds is 6. The molecule has 8 nitrogen and oxygen atoms in total. The van der Waals surface area contributed by atoms with Crippen LogP contribution in [0.15, 0.2) is 36.4 Å². The van der Waals surface area contributed by atoms with Crippen molar-refractivity contribution in [3.63, 3.8) is 0 Å². The molecular formula is C22H22N2O6. The smallest absolute Gasteiger partial charge is 0.338 e. The molecule has 2 heterocycles. The number of amides is 1. The zero-order chi connectivity index (χ0) is 21.3. The lowest BCUT2D eigenvalue weighted by molar-refractivity contribution is -0.117. The number of esters is 1. The van der Waals surface area contributed by atoms with Crippen molar-refractivity contribution in [1.29, 1.82) is 0 Å². The summed E-state index contributed by atoms with van der Waals surface area (Å²) in [4.78, 5) is 39.3. The first kappa shape index (κ1) is 19.8. The molecule has 0 bridgehead atoms. The van der Waals surface area contributed by atoms with E-state index in [4.69, 9.17) is 14.2 Å².